The fourth-order valence-corrected chi connectivity index (χ4v) is 1.95. The summed E-state index contributed by atoms with van der Waals surface area (Å²) in [5.41, 5.74) is 0.628. The molecule has 1 aliphatic heterocycles. The van der Waals surface area contributed by atoms with E-state index in [9.17, 15) is 0 Å². The molecule has 5 nitrogen and oxygen atoms in total. The summed E-state index contributed by atoms with van der Waals surface area (Å²) < 4.78 is 5.70. The summed E-state index contributed by atoms with van der Waals surface area (Å²) >= 11 is 0. The number of nitrogens with one attached hydrogen (secondary N) is 1. The van der Waals surface area contributed by atoms with Crippen LogP contribution in [0.15, 0.2) is 12.4 Å². The lowest BCUT2D eigenvalue weighted by Gasteiger charge is -2.22. The number of piperidine rings is 1. The van der Waals surface area contributed by atoms with Crippen molar-refractivity contribution in [3.05, 3.63) is 18.1 Å². The second-order valence-electron chi connectivity index (χ2n) is 4.52. The molecular weight excluding hydrogens is 242 g/mol. The van der Waals surface area contributed by atoms with E-state index < -0.39 is 0 Å². The van der Waals surface area contributed by atoms with Crippen molar-refractivity contribution in [3.63, 3.8) is 0 Å². The molecule has 5 heteroatoms. The Labute approximate surface area is 113 Å². The molecule has 0 amide bonds. The van der Waals surface area contributed by atoms with Gasteiger partial charge in [-0.1, -0.05) is 5.92 Å². The number of nitrogens with zero attached hydrogens (tertiary/aromatic N) is 2. The molecule has 0 radical (unpaired) electrons. The minimum atomic E-state index is 0.0666. The number of ether oxygens (including phenoxy) is 1. The molecule has 1 aliphatic rings. The molecule has 0 aromatic carbocycles. The topological polar surface area (TPSA) is 67.3 Å². The second-order valence-corrected chi connectivity index (χ2v) is 4.52. The number of hydrogen-bond acceptors (Lipinski definition) is 5. The highest BCUT2D eigenvalue weighted by Crippen LogP contribution is 2.14. The summed E-state index contributed by atoms with van der Waals surface area (Å²) in [5, 5.41) is 12.0. The van der Waals surface area contributed by atoms with Gasteiger partial charge in [-0.3, -0.25) is 0 Å². The zero-order valence-corrected chi connectivity index (χ0v) is 10.9. The van der Waals surface area contributed by atoms with Gasteiger partial charge in [0.15, 0.2) is 0 Å². The highest BCUT2D eigenvalue weighted by molar-refractivity contribution is 5.29. The van der Waals surface area contributed by atoms with Crippen LogP contribution < -0.4 is 10.1 Å². The van der Waals surface area contributed by atoms with Crippen LogP contribution >= 0.6 is 0 Å². The van der Waals surface area contributed by atoms with Crippen molar-refractivity contribution in [2.45, 2.75) is 19.3 Å². The fraction of sp³-hybridized carbons (Fsp3) is 0.571. The molecule has 102 valence electrons. The second kappa shape index (κ2) is 7.72. The van der Waals surface area contributed by atoms with E-state index in [2.05, 4.69) is 27.1 Å². The minimum Gasteiger partial charge on any atom is -0.477 e. The zero-order valence-electron chi connectivity index (χ0n) is 10.9. The average Bonchev–Trinajstić information content (AvgIpc) is 2.47. The first-order valence-electron chi connectivity index (χ1n) is 6.64. The maximum Gasteiger partial charge on any atom is 0.217 e. The molecule has 1 fully saturated rings. The van der Waals surface area contributed by atoms with Crippen LogP contribution in [0.5, 0.6) is 5.88 Å². The molecule has 0 bridgehead atoms. The van der Waals surface area contributed by atoms with E-state index in [1.807, 2.05) is 0 Å². The molecule has 1 aromatic heterocycles. The number of hydrogen-bond donors (Lipinski definition) is 2. The summed E-state index contributed by atoms with van der Waals surface area (Å²) in [4.78, 5) is 8.14. The third-order valence-corrected chi connectivity index (χ3v) is 3.02. The van der Waals surface area contributed by atoms with Crippen LogP contribution in [0.25, 0.3) is 0 Å². The Morgan fingerprint density at radius 2 is 2.21 bits per heavy atom. The van der Waals surface area contributed by atoms with Crippen molar-refractivity contribution >= 4 is 0 Å². The van der Waals surface area contributed by atoms with Gasteiger partial charge in [0.25, 0.3) is 0 Å². The van der Waals surface area contributed by atoms with Crippen LogP contribution in [-0.2, 0) is 0 Å². The molecule has 0 unspecified atom stereocenters. The van der Waals surface area contributed by atoms with Crippen molar-refractivity contribution < 1.29 is 9.84 Å². The average molecular weight is 261 g/mol. The highest BCUT2D eigenvalue weighted by atomic mass is 16.5. The molecule has 2 heterocycles. The normalized spacial score (nSPS) is 15.6. The van der Waals surface area contributed by atoms with Gasteiger partial charge in [0.05, 0.1) is 13.2 Å². The third kappa shape index (κ3) is 4.86. The van der Waals surface area contributed by atoms with Gasteiger partial charge >= 0.3 is 0 Å². The zero-order chi connectivity index (χ0) is 13.3. The van der Waals surface area contributed by atoms with E-state index in [0.717, 1.165) is 25.9 Å². The van der Waals surface area contributed by atoms with Crippen LogP contribution in [0.3, 0.4) is 0 Å². The quantitative estimate of drug-likeness (QED) is 0.776. The molecule has 1 aromatic rings. The molecular formula is C14H19N3O2. The van der Waals surface area contributed by atoms with Crippen LogP contribution in [0.4, 0.5) is 0 Å². The van der Waals surface area contributed by atoms with Gasteiger partial charge in [-0.25, -0.2) is 9.97 Å². The van der Waals surface area contributed by atoms with Crippen molar-refractivity contribution in [3.8, 4) is 17.7 Å². The van der Waals surface area contributed by atoms with Gasteiger partial charge < -0.3 is 15.2 Å². The highest BCUT2D eigenvalue weighted by Gasteiger charge is 2.13. The summed E-state index contributed by atoms with van der Waals surface area (Å²) in [6, 6.07) is 1.74. The number of aromatic nitrogens is 2. The Hall–Kier alpha value is -1.64. The van der Waals surface area contributed by atoms with Crippen LogP contribution in [0, 0.1) is 17.8 Å². The Bertz CT molecular complexity index is 447. The minimum absolute atomic E-state index is 0.0666. The van der Waals surface area contributed by atoms with Crippen LogP contribution in [0.1, 0.15) is 25.0 Å². The van der Waals surface area contributed by atoms with Crippen LogP contribution in [-0.4, -0.2) is 41.4 Å². The predicted molar refractivity (Wildman–Crippen MR) is 71.7 cm³/mol. The molecule has 0 saturated carbocycles. The Morgan fingerprint density at radius 1 is 1.37 bits per heavy atom. The van der Waals surface area contributed by atoms with E-state index in [1.54, 1.807) is 6.07 Å². The van der Waals surface area contributed by atoms with E-state index >= 15 is 0 Å². The largest absolute Gasteiger partial charge is 0.477 e. The first kappa shape index (κ1) is 13.8. The van der Waals surface area contributed by atoms with Gasteiger partial charge in [0.2, 0.25) is 5.88 Å². The molecule has 2 N–H and O–H groups in total. The van der Waals surface area contributed by atoms with Gasteiger partial charge in [-0.2, -0.15) is 0 Å². The van der Waals surface area contributed by atoms with Crippen molar-refractivity contribution in [1.29, 1.82) is 0 Å². The summed E-state index contributed by atoms with van der Waals surface area (Å²) in [6.07, 6.45) is 4.21. The standard InChI is InChI=1S/C14H19N3O2/c18-8-2-1-3-13-9-14(17-11-16-13)19-10-12-4-6-15-7-5-12/h9,11-12,15,18H,2,4-8,10H2. The third-order valence-electron chi connectivity index (χ3n) is 3.02. The van der Waals surface area contributed by atoms with E-state index in [-0.39, 0.29) is 6.61 Å². The Kier molecular flexibility index (Phi) is 5.60. The number of aliphatic hydroxyl groups excluding tert-OH is 1. The SMILES string of the molecule is OCCC#Cc1cc(OCC2CCNCC2)ncn1. The Morgan fingerprint density at radius 3 is 3.00 bits per heavy atom. The van der Waals surface area contributed by atoms with E-state index in [4.69, 9.17) is 9.84 Å². The first-order valence-corrected chi connectivity index (χ1v) is 6.64. The lowest BCUT2D eigenvalue weighted by atomic mass is 9.99. The van der Waals surface area contributed by atoms with Crippen LogP contribution in [0.2, 0.25) is 0 Å². The number of rotatable bonds is 4. The summed E-state index contributed by atoms with van der Waals surface area (Å²) in [6.45, 7) is 2.89. The maximum absolute atomic E-state index is 8.66. The molecule has 2 rings (SSSR count). The molecule has 19 heavy (non-hydrogen) atoms. The molecule has 1 saturated heterocycles. The fourth-order valence-electron chi connectivity index (χ4n) is 1.95. The van der Waals surface area contributed by atoms with E-state index in [1.165, 1.54) is 6.33 Å². The van der Waals surface area contributed by atoms with Crippen molar-refractivity contribution in [2.24, 2.45) is 5.92 Å². The van der Waals surface area contributed by atoms with Gasteiger partial charge in [-0.15, -0.1) is 0 Å². The predicted octanol–water partition coefficient (Wildman–Crippen LogP) is 0.589. The summed E-state index contributed by atoms with van der Waals surface area (Å²) in [7, 11) is 0. The monoisotopic (exact) mass is 261 g/mol. The van der Waals surface area contributed by atoms with E-state index in [0.29, 0.717) is 30.5 Å². The Balaban J connectivity index is 1.86. The first-order chi connectivity index (χ1) is 9.38. The lowest BCUT2D eigenvalue weighted by molar-refractivity contribution is 0.208. The molecule has 0 aliphatic carbocycles. The smallest absolute Gasteiger partial charge is 0.217 e. The van der Waals surface area contributed by atoms with Gasteiger partial charge in [-0.05, 0) is 37.8 Å². The maximum atomic E-state index is 8.66. The molecule has 0 atom stereocenters. The van der Waals surface area contributed by atoms with Crippen molar-refractivity contribution in [2.75, 3.05) is 26.3 Å². The van der Waals surface area contributed by atoms with Crippen molar-refractivity contribution in [1.82, 2.24) is 15.3 Å². The lowest BCUT2D eigenvalue weighted by Crippen LogP contribution is -2.30. The number of aliphatic hydroxyl groups is 1. The molecule has 0 spiro atoms. The van der Waals surface area contributed by atoms with Gasteiger partial charge in [0, 0.05) is 12.5 Å². The summed E-state index contributed by atoms with van der Waals surface area (Å²) in [5.74, 6) is 6.87. The van der Waals surface area contributed by atoms with Gasteiger partial charge in [0.1, 0.15) is 12.0 Å².